The number of allylic oxidation sites excluding steroid dienone is 4. The van der Waals surface area contributed by atoms with Crippen LogP contribution in [0.25, 0.3) is 0 Å². The highest BCUT2D eigenvalue weighted by Gasteiger charge is 2.19. The fourth-order valence-corrected chi connectivity index (χ4v) is 2.15. The first-order valence-electron chi connectivity index (χ1n) is 6.24. The van der Waals surface area contributed by atoms with Crippen LogP contribution in [0.2, 0.25) is 0 Å². The minimum Gasteiger partial charge on any atom is -0.478 e. The van der Waals surface area contributed by atoms with Crippen LogP contribution in [-0.4, -0.2) is 11.1 Å². The van der Waals surface area contributed by atoms with Crippen molar-refractivity contribution in [3.63, 3.8) is 0 Å². The standard InChI is InChI=1S/C15H22O2/c1-11(2)5-4-6-12(3)13-7-9-14(10-8-13)15(16)17/h5,9,13H,3-4,6-8,10H2,1-2H3,(H,16,17). The summed E-state index contributed by atoms with van der Waals surface area (Å²) < 4.78 is 0. The van der Waals surface area contributed by atoms with Crippen LogP contribution in [0.4, 0.5) is 0 Å². The lowest BCUT2D eigenvalue weighted by molar-refractivity contribution is -0.132. The molecule has 1 N–H and O–H groups in total. The minimum atomic E-state index is -0.765. The lowest BCUT2D eigenvalue weighted by atomic mass is 9.83. The molecule has 1 rings (SSSR count). The van der Waals surface area contributed by atoms with Gasteiger partial charge in [0.05, 0.1) is 0 Å². The molecular weight excluding hydrogens is 212 g/mol. The van der Waals surface area contributed by atoms with Gasteiger partial charge in [-0.05, 0) is 51.9 Å². The molecule has 0 saturated carbocycles. The molecule has 0 saturated heterocycles. The second-order valence-electron chi connectivity index (χ2n) is 4.98. The van der Waals surface area contributed by atoms with Crippen LogP contribution in [0.5, 0.6) is 0 Å². The summed E-state index contributed by atoms with van der Waals surface area (Å²) in [5.41, 5.74) is 3.18. The van der Waals surface area contributed by atoms with E-state index in [4.69, 9.17) is 5.11 Å². The Hall–Kier alpha value is -1.31. The second kappa shape index (κ2) is 6.43. The van der Waals surface area contributed by atoms with E-state index in [1.165, 1.54) is 11.1 Å². The Bertz CT molecular complexity index is 357. The summed E-state index contributed by atoms with van der Waals surface area (Å²) in [6.07, 6.45) is 8.62. The molecule has 1 atom stereocenters. The van der Waals surface area contributed by atoms with Crippen LogP contribution in [0.1, 0.15) is 46.0 Å². The molecule has 1 unspecified atom stereocenters. The van der Waals surface area contributed by atoms with Gasteiger partial charge in [-0.2, -0.15) is 0 Å². The highest BCUT2D eigenvalue weighted by molar-refractivity contribution is 5.86. The predicted octanol–water partition coefficient (Wildman–Crippen LogP) is 4.10. The molecule has 0 aromatic rings. The van der Waals surface area contributed by atoms with Crippen LogP contribution in [-0.2, 0) is 4.79 Å². The summed E-state index contributed by atoms with van der Waals surface area (Å²) in [6.45, 7) is 8.34. The quantitative estimate of drug-likeness (QED) is 0.727. The molecule has 0 heterocycles. The molecule has 1 aliphatic rings. The highest BCUT2D eigenvalue weighted by Crippen LogP contribution is 2.30. The van der Waals surface area contributed by atoms with E-state index >= 15 is 0 Å². The van der Waals surface area contributed by atoms with Crippen LogP contribution in [0, 0.1) is 5.92 Å². The molecule has 2 nitrogen and oxygen atoms in total. The Morgan fingerprint density at radius 1 is 1.59 bits per heavy atom. The second-order valence-corrected chi connectivity index (χ2v) is 4.98. The molecule has 0 aromatic heterocycles. The third-order valence-electron chi connectivity index (χ3n) is 3.28. The van der Waals surface area contributed by atoms with Crippen molar-refractivity contribution in [1.29, 1.82) is 0 Å². The molecule has 0 fully saturated rings. The van der Waals surface area contributed by atoms with E-state index in [-0.39, 0.29) is 0 Å². The van der Waals surface area contributed by atoms with E-state index < -0.39 is 5.97 Å². The first-order chi connectivity index (χ1) is 8.00. The molecule has 0 aromatic carbocycles. The molecule has 0 spiro atoms. The summed E-state index contributed by atoms with van der Waals surface area (Å²) >= 11 is 0. The van der Waals surface area contributed by atoms with E-state index in [1.807, 2.05) is 6.08 Å². The smallest absolute Gasteiger partial charge is 0.331 e. The Morgan fingerprint density at radius 2 is 2.29 bits per heavy atom. The monoisotopic (exact) mass is 234 g/mol. The number of carboxylic acid groups (broad SMARTS) is 1. The number of hydrogen-bond donors (Lipinski definition) is 1. The zero-order valence-electron chi connectivity index (χ0n) is 10.8. The minimum absolute atomic E-state index is 0.476. The van der Waals surface area contributed by atoms with Gasteiger partial charge in [0, 0.05) is 5.57 Å². The van der Waals surface area contributed by atoms with Gasteiger partial charge in [-0.25, -0.2) is 4.79 Å². The maximum Gasteiger partial charge on any atom is 0.331 e. The molecule has 94 valence electrons. The van der Waals surface area contributed by atoms with Crippen molar-refractivity contribution < 1.29 is 9.90 Å². The zero-order valence-corrected chi connectivity index (χ0v) is 10.8. The number of aliphatic carboxylic acids is 1. The summed E-state index contributed by atoms with van der Waals surface area (Å²) in [5, 5.41) is 8.87. The van der Waals surface area contributed by atoms with Crippen molar-refractivity contribution in [3.05, 3.63) is 35.5 Å². The topological polar surface area (TPSA) is 37.3 Å². The van der Waals surface area contributed by atoms with Gasteiger partial charge in [0.25, 0.3) is 0 Å². The summed E-state index contributed by atoms with van der Waals surface area (Å²) in [7, 11) is 0. The van der Waals surface area contributed by atoms with Crippen LogP contribution in [0.3, 0.4) is 0 Å². The summed E-state index contributed by atoms with van der Waals surface area (Å²) in [5.74, 6) is -0.290. The first-order valence-corrected chi connectivity index (χ1v) is 6.24. The molecule has 17 heavy (non-hydrogen) atoms. The third-order valence-corrected chi connectivity index (χ3v) is 3.28. The maximum atomic E-state index is 10.8. The summed E-state index contributed by atoms with van der Waals surface area (Å²) in [4.78, 5) is 10.8. The van der Waals surface area contributed by atoms with Crippen molar-refractivity contribution in [1.82, 2.24) is 0 Å². The van der Waals surface area contributed by atoms with E-state index in [0.717, 1.165) is 25.7 Å². The average molecular weight is 234 g/mol. The third kappa shape index (κ3) is 4.59. The number of carbonyl (C=O) groups is 1. The maximum absolute atomic E-state index is 10.8. The molecule has 0 bridgehead atoms. The number of carboxylic acids is 1. The van der Waals surface area contributed by atoms with Crippen molar-refractivity contribution in [2.24, 2.45) is 5.92 Å². The summed E-state index contributed by atoms with van der Waals surface area (Å²) in [6, 6.07) is 0. The number of rotatable bonds is 5. The first kappa shape index (κ1) is 13.8. The molecule has 0 aliphatic heterocycles. The molecule has 2 heteroatoms. The van der Waals surface area contributed by atoms with Gasteiger partial charge in [0.15, 0.2) is 0 Å². The zero-order chi connectivity index (χ0) is 12.8. The fourth-order valence-electron chi connectivity index (χ4n) is 2.15. The van der Waals surface area contributed by atoms with Crippen LogP contribution >= 0.6 is 0 Å². The largest absolute Gasteiger partial charge is 0.478 e. The van der Waals surface area contributed by atoms with E-state index in [9.17, 15) is 4.79 Å². The van der Waals surface area contributed by atoms with Crippen LogP contribution < -0.4 is 0 Å². The molecule has 0 amide bonds. The van der Waals surface area contributed by atoms with Gasteiger partial charge in [-0.15, -0.1) is 0 Å². The normalized spacial score (nSPS) is 19.4. The van der Waals surface area contributed by atoms with E-state index in [2.05, 4.69) is 26.5 Å². The van der Waals surface area contributed by atoms with Crippen molar-refractivity contribution in [2.75, 3.05) is 0 Å². The molecular formula is C15H22O2. The Balaban J connectivity index is 2.41. The van der Waals surface area contributed by atoms with Gasteiger partial charge in [-0.3, -0.25) is 0 Å². The Kier molecular flexibility index (Phi) is 5.20. The highest BCUT2D eigenvalue weighted by atomic mass is 16.4. The Morgan fingerprint density at radius 3 is 2.76 bits per heavy atom. The van der Waals surface area contributed by atoms with Gasteiger partial charge < -0.3 is 5.11 Å². The van der Waals surface area contributed by atoms with Crippen molar-refractivity contribution >= 4 is 5.97 Å². The lowest BCUT2D eigenvalue weighted by Crippen LogP contribution is -2.12. The van der Waals surface area contributed by atoms with E-state index in [1.54, 1.807) is 0 Å². The van der Waals surface area contributed by atoms with Gasteiger partial charge in [0.1, 0.15) is 0 Å². The predicted molar refractivity (Wildman–Crippen MR) is 70.9 cm³/mol. The molecule has 0 radical (unpaired) electrons. The van der Waals surface area contributed by atoms with Gasteiger partial charge in [-0.1, -0.05) is 29.9 Å². The van der Waals surface area contributed by atoms with Crippen LogP contribution in [0.15, 0.2) is 35.5 Å². The van der Waals surface area contributed by atoms with E-state index in [0.29, 0.717) is 17.9 Å². The number of hydrogen-bond acceptors (Lipinski definition) is 1. The van der Waals surface area contributed by atoms with Gasteiger partial charge in [0.2, 0.25) is 0 Å². The molecule has 1 aliphatic carbocycles. The van der Waals surface area contributed by atoms with Crippen molar-refractivity contribution in [3.8, 4) is 0 Å². The average Bonchev–Trinajstić information content (AvgIpc) is 2.28. The fraction of sp³-hybridized carbons (Fsp3) is 0.533. The van der Waals surface area contributed by atoms with Crippen molar-refractivity contribution in [2.45, 2.75) is 46.0 Å². The SMILES string of the molecule is C=C(CCC=C(C)C)C1CC=C(C(=O)O)CC1. The van der Waals surface area contributed by atoms with Gasteiger partial charge >= 0.3 is 5.97 Å². The lowest BCUT2D eigenvalue weighted by Gasteiger charge is -2.22. The Labute approximate surface area is 104 Å².